The molecule has 122 valence electrons. The Labute approximate surface area is 129 Å². The average Bonchev–Trinajstić information content (AvgIpc) is 2.45. The zero-order valence-electron chi connectivity index (χ0n) is 11.7. The van der Waals surface area contributed by atoms with Crippen molar-refractivity contribution in [2.75, 3.05) is 7.11 Å². The molecule has 1 unspecified atom stereocenters. The second kappa shape index (κ2) is 7.00. The molecule has 0 spiro atoms. The molecule has 22 heavy (non-hydrogen) atoms. The first kappa shape index (κ1) is 18.3. The van der Waals surface area contributed by atoms with E-state index in [0.717, 1.165) is 25.3 Å². The highest BCUT2D eigenvalue weighted by molar-refractivity contribution is 6.25. The Morgan fingerprint density at radius 2 is 1.82 bits per heavy atom. The van der Waals surface area contributed by atoms with Crippen molar-refractivity contribution in [3.05, 3.63) is 41.7 Å². The number of benzene rings is 1. The van der Waals surface area contributed by atoms with Crippen LogP contribution in [0.15, 0.2) is 36.2 Å². The van der Waals surface area contributed by atoms with E-state index in [9.17, 15) is 22.4 Å². The lowest BCUT2D eigenvalue weighted by atomic mass is 9.94. The van der Waals surface area contributed by atoms with E-state index < -0.39 is 28.8 Å². The number of alkyl halides is 4. The van der Waals surface area contributed by atoms with Crippen LogP contribution in [0.2, 0.25) is 0 Å². The Hall–Kier alpha value is -1.76. The first-order valence-corrected chi connectivity index (χ1v) is 6.51. The molecule has 3 nitrogen and oxygen atoms in total. The van der Waals surface area contributed by atoms with Crippen LogP contribution in [0.3, 0.4) is 0 Å². The van der Waals surface area contributed by atoms with Gasteiger partial charge in [-0.1, -0.05) is 19.1 Å². The lowest BCUT2D eigenvalue weighted by Crippen LogP contribution is -2.18. The summed E-state index contributed by atoms with van der Waals surface area (Å²) in [7, 11) is 1.01. The molecular formula is C14H13ClF4O3. The van der Waals surface area contributed by atoms with Crippen molar-refractivity contribution in [3.8, 4) is 5.75 Å². The highest BCUT2D eigenvalue weighted by Crippen LogP contribution is 2.37. The quantitative estimate of drug-likeness (QED) is 0.344. The number of rotatable bonds is 5. The maximum absolute atomic E-state index is 13.6. The van der Waals surface area contributed by atoms with E-state index >= 15 is 0 Å². The highest BCUT2D eigenvalue weighted by Gasteiger charge is 2.32. The zero-order chi connectivity index (χ0) is 17.0. The maximum atomic E-state index is 13.6. The van der Waals surface area contributed by atoms with Crippen molar-refractivity contribution in [2.24, 2.45) is 0 Å². The predicted octanol–water partition coefficient (Wildman–Crippen LogP) is 4.46. The van der Waals surface area contributed by atoms with Crippen molar-refractivity contribution in [1.29, 1.82) is 0 Å². The van der Waals surface area contributed by atoms with Gasteiger partial charge in [0.15, 0.2) is 0 Å². The van der Waals surface area contributed by atoms with Gasteiger partial charge in [-0.3, -0.25) is 0 Å². The number of carbonyl (C=O) groups excluding carboxylic acids is 1. The lowest BCUT2D eigenvalue weighted by molar-refractivity contribution is -0.274. The third kappa shape index (κ3) is 4.91. The Morgan fingerprint density at radius 3 is 2.23 bits per heavy atom. The van der Waals surface area contributed by atoms with E-state index in [4.69, 9.17) is 11.6 Å². The summed E-state index contributed by atoms with van der Waals surface area (Å²) >= 11 is 6.24. The van der Waals surface area contributed by atoms with E-state index in [1.165, 1.54) is 12.1 Å². The van der Waals surface area contributed by atoms with Crippen LogP contribution in [0.25, 0.3) is 0 Å². The fourth-order valence-electron chi connectivity index (χ4n) is 1.68. The summed E-state index contributed by atoms with van der Waals surface area (Å²) in [6, 6.07) is 4.64. The van der Waals surface area contributed by atoms with Crippen LogP contribution in [0, 0.1) is 0 Å². The van der Waals surface area contributed by atoms with Crippen molar-refractivity contribution < 1.29 is 31.8 Å². The minimum atomic E-state index is -4.80. The van der Waals surface area contributed by atoms with Crippen LogP contribution >= 0.6 is 11.6 Å². The number of esters is 1. The molecule has 1 atom stereocenters. The molecule has 1 aromatic rings. The monoisotopic (exact) mass is 340 g/mol. The molecule has 0 bridgehead atoms. The number of hydrogen-bond donors (Lipinski definition) is 0. The Balaban J connectivity index is 3.07. The van der Waals surface area contributed by atoms with Gasteiger partial charge >= 0.3 is 12.3 Å². The topological polar surface area (TPSA) is 35.5 Å². The molecule has 0 aromatic heterocycles. The average molecular weight is 341 g/mol. The molecule has 0 saturated heterocycles. The van der Waals surface area contributed by atoms with Gasteiger partial charge in [0.2, 0.25) is 5.83 Å². The van der Waals surface area contributed by atoms with Gasteiger partial charge in [0.25, 0.3) is 0 Å². The Bertz CT molecular complexity index is 554. The zero-order valence-corrected chi connectivity index (χ0v) is 12.5. The van der Waals surface area contributed by atoms with E-state index in [2.05, 4.69) is 9.47 Å². The summed E-state index contributed by atoms with van der Waals surface area (Å²) in [6.45, 7) is 1.63. The number of methoxy groups -OCH3 is 1. The normalized spacial score (nSPS) is 15.1. The molecule has 0 aliphatic carbocycles. The van der Waals surface area contributed by atoms with Gasteiger partial charge in [0.05, 0.1) is 12.0 Å². The second-order valence-corrected chi connectivity index (χ2v) is 4.95. The number of ether oxygens (including phenoxy) is 2. The number of allylic oxidation sites excluding steroid dienone is 1. The van der Waals surface area contributed by atoms with Crippen molar-refractivity contribution in [2.45, 2.75) is 24.6 Å². The third-order valence-electron chi connectivity index (χ3n) is 2.82. The van der Waals surface area contributed by atoms with Crippen LogP contribution in [0.4, 0.5) is 17.6 Å². The van der Waals surface area contributed by atoms with Crippen LogP contribution in [-0.4, -0.2) is 19.4 Å². The van der Waals surface area contributed by atoms with E-state index in [0.29, 0.717) is 5.56 Å². The molecule has 0 heterocycles. The maximum Gasteiger partial charge on any atom is 0.573 e. The van der Waals surface area contributed by atoms with Crippen molar-refractivity contribution >= 4 is 17.6 Å². The standard InChI is InChI=1S/C14H13ClF4O3/c1-3-13(15,8-11(16)12(20)21-2)9-4-6-10(7-5-9)22-14(17,18)19/h4-8H,3H2,1-2H3. The van der Waals surface area contributed by atoms with Crippen LogP contribution in [-0.2, 0) is 14.4 Å². The highest BCUT2D eigenvalue weighted by atomic mass is 35.5. The molecule has 1 rings (SSSR count). The number of carbonyl (C=O) groups is 1. The van der Waals surface area contributed by atoms with Gasteiger partial charge in [-0.05, 0) is 30.2 Å². The molecule has 0 aliphatic rings. The third-order valence-corrected chi connectivity index (χ3v) is 3.41. The molecular weight excluding hydrogens is 328 g/mol. The van der Waals surface area contributed by atoms with Gasteiger partial charge in [0.1, 0.15) is 5.75 Å². The summed E-state index contributed by atoms with van der Waals surface area (Å²) in [5.74, 6) is -2.80. The summed E-state index contributed by atoms with van der Waals surface area (Å²) in [5, 5.41) is 0. The van der Waals surface area contributed by atoms with Gasteiger partial charge in [-0.2, -0.15) is 4.39 Å². The molecule has 0 aliphatic heterocycles. The summed E-state index contributed by atoms with van der Waals surface area (Å²) < 4.78 is 57.8. The Kier molecular flexibility index (Phi) is 5.82. The minimum Gasteiger partial charge on any atom is -0.464 e. The fourth-order valence-corrected chi connectivity index (χ4v) is 1.90. The summed E-state index contributed by atoms with van der Waals surface area (Å²) in [4.78, 5) is 9.68. The molecule has 0 fully saturated rings. The smallest absolute Gasteiger partial charge is 0.464 e. The first-order valence-electron chi connectivity index (χ1n) is 6.13. The Morgan fingerprint density at radius 1 is 1.27 bits per heavy atom. The molecule has 0 N–H and O–H groups in total. The van der Waals surface area contributed by atoms with Gasteiger partial charge < -0.3 is 9.47 Å². The fraction of sp³-hybridized carbons (Fsp3) is 0.357. The van der Waals surface area contributed by atoms with E-state index in [1.807, 2.05) is 0 Å². The summed E-state index contributed by atoms with van der Waals surface area (Å²) in [6.07, 6.45) is -3.75. The first-order chi connectivity index (χ1) is 10.1. The molecule has 8 heteroatoms. The molecule has 1 aromatic carbocycles. The van der Waals surface area contributed by atoms with Gasteiger partial charge in [-0.25, -0.2) is 4.79 Å². The van der Waals surface area contributed by atoms with Crippen LogP contribution in [0.1, 0.15) is 18.9 Å². The SMILES string of the molecule is CCC(Cl)(C=C(F)C(=O)OC)c1ccc(OC(F)(F)F)cc1. The second-order valence-electron chi connectivity index (χ2n) is 4.27. The minimum absolute atomic E-state index is 0.193. The molecule has 0 radical (unpaired) electrons. The van der Waals surface area contributed by atoms with Crippen LogP contribution in [0.5, 0.6) is 5.75 Å². The van der Waals surface area contributed by atoms with Crippen molar-refractivity contribution in [1.82, 2.24) is 0 Å². The number of hydrogen-bond acceptors (Lipinski definition) is 3. The van der Waals surface area contributed by atoms with Crippen LogP contribution < -0.4 is 4.74 Å². The van der Waals surface area contributed by atoms with E-state index in [1.54, 1.807) is 6.92 Å². The lowest BCUT2D eigenvalue weighted by Gasteiger charge is -2.22. The molecule has 0 amide bonds. The summed E-state index contributed by atoms with van der Waals surface area (Å²) in [5.41, 5.74) is 0.310. The van der Waals surface area contributed by atoms with Gasteiger partial charge in [-0.15, -0.1) is 24.8 Å². The van der Waals surface area contributed by atoms with Crippen molar-refractivity contribution in [3.63, 3.8) is 0 Å². The largest absolute Gasteiger partial charge is 0.573 e. The number of halogens is 5. The van der Waals surface area contributed by atoms with E-state index in [-0.39, 0.29) is 6.42 Å². The molecule has 0 saturated carbocycles. The van der Waals surface area contributed by atoms with Gasteiger partial charge in [0, 0.05) is 0 Å². The predicted molar refractivity (Wildman–Crippen MR) is 72.2 cm³/mol.